The van der Waals surface area contributed by atoms with E-state index in [-0.39, 0.29) is 17.6 Å². The van der Waals surface area contributed by atoms with Gasteiger partial charge in [0, 0.05) is 50.4 Å². The predicted octanol–water partition coefficient (Wildman–Crippen LogP) is 2.85. The molecule has 0 radical (unpaired) electrons. The van der Waals surface area contributed by atoms with Crippen molar-refractivity contribution in [2.75, 3.05) is 39.3 Å². The third-order valence-electron chi connectivity index (χ3n) is 6.82. The van der Waals surface area contributed by atoms with Gasteiger partial charge >= 0.3 is 0 Å². The maximum absolute atomic E-state index is 14.1. The van der Waals surface area contributed by atoms with Gasteiger partial charge in [-0.25, -0.2) is 8.78 Å². The van der Waals surface area contributed by atoms with Crippen LogP contribution in [-0.4, -0.2) is 61.2 Å². The minimum absolute atomic E-state index is 0.237. The Morgan fingerprint density at radius 1 is 1.11 bits per heavy atom. The van der Waals surface area contributed by atoms with Crippen LogP contribution in [0.1, 0.15) is 37.4 Å². The normalized spacial score (nSPS) is 32.0. The number of hydrogen-bond donors (Lipinski definition) is 1. The zero-order valence-corrected chi connectivity index (χ0v) is 16.2. The van der Waals surface area contributed by atoms with E-state index in [1.54, 1.807) is 11.1 Å². The molecule has 0 amide bonds. The third kappa shape index (κ3) is 3.75. The van der Waals surface area contributed by atoms with Crippen molar-refractivity contribution in [2.24, 2.45) is 11.7 Å². The van der Waals surface area contributed by atoms with Gasteiger partial charge in [0.05, 0.1) is 6.61 Å². The summed E-state index contributed by atoms with van der Waals surface area (Å²) in [5, 5.41) is 0. The van der Waals surface area contributed by atoms with Gasteiger partial charge < -0.3 is 10.5 Å². The van der Waals surface area contributed by atoms with Gasteiger partial charge in [-0.15, -0.1) is 0 Å². The molecule has 1 aromatic carbocycles. The van der Waals surface area contributed by atoms with Crippen molar-refractivity contribution >= 4 is 0 Å². The van der Waals surface area contributed by atoms with Crippen molar-refractivity contribution in [3.05, 3.63) is 46.5 Å². The molecule has 2 N–H and O–H groups in total. The first-order chi connectivity index (χ1) is 13.6. The average molecular weight is 389 g/mol. The van der Waals surface area contributed by atoms with E-state index in [1.807, 2.05) is 0 Å². The van der Waals surface area contributed by atoms with Crippen LogP contribution in [0.25, 0.3) is 0 Å². The highest BCUT2D eigenvalue weighted by Gasteiger charge is 2.37. The van der Waals surface area contributed by atoms with Crippen LogP contribution in [-0.2, 0) is 4.74 Å². The summed E-state index contributed by atoms with van der Waals surface area (Å²) in [7, 11) is 0. The van der Waals surface area contributed by atoms with Gasteiger partial charge in [-0.3, -0.25) is 9.80 Å². The molecule has 0 spiro atoms. The Hall–Kier alpha value is -1.34. The van der Waals surface area contributed by atoms with E-state index in [9.17, 15) is 8.78 Å². The quantitative estimate of drug-likeness (QED) is 0.804. The highest BCUT2D eigenvalue weighted by molar-refractivity contribution is 5.28. The molecule has 4 nitrogen and oxygen atoms in total. The van der Waals surface area contributed by atoms with Crippen LogP contribution < -0.4 is 5.73 Å². The summed E-state index contributed by atoms with van der Waals surface area (Å²) >= 11 is 0. The fourth-order valence-electron chi connectivity index (χ4n) is 5.10. The van der Waals surface area contributed by atoms with Crippen LogP contribution in [0.3, 0.4) is 0 Å². The van der Waals surface area contributed by atoms with Gasteiger partial charge in [-0.1, -0.05) is 5.57 Å². The van der Waals surface area contributed by atoms with Gasteiger partial charge in [-0.2, -0.15) is 0 Å². The van der Waals surface area contributed by atoms with E-state index in [4.69, 9.17) is 10.5 Å². The molecule has 5 rings (SSSR count). The lowest BCUT2D eigenvalue weighted by Gasteiger charge is -2.42. The number of benzene rings is 1. The molecule has 3 unspecified atom stereocenters. The molecule has 6 heteroatoms. The minimum Gasteiger partial charge on any atom is -0.370 e. The molecule has 28 heavy (non-hydrogen) atoms. The molecule has 1 aliphatic carbocycles. The average Bonchev–Trinajstić information content (AvgIpc) is 3.40. The zero-order valence-electron chi connectivity index (χ0n) is 16.2. The van der Waals surface area contributed by atoms with Crippen molar-refractivity contribution in [2.45, 2.75) is 43.9 Å². The molecule has 1 saturated carbocycles. The number of hydrogen-bond acceptors (Lipinski definition) is 4. The van der Waals surface area contributed by atoms with Crippen molar-refractivity contribution < 1.29 is 13.5 Å². The molecular formula is C22H29F2N3O. The standard InChI is InChI=1S/C22H29F2N3O/c23-17-3-4-20(24)19(7-17)22-21(25)8-18(13-28-22)27-6-5-15-10-26(9-14-1-2-14)11-16(15)12-27/h3-4,7,14,18,21-22H,1-2,5-6,8-13,25H2. The van der Waals surface area contributed by atoms with Crippen LogP contribution in [0.4, 0.5) is 8.78 Å². The lowest BCUT2D eigenvalue weighted by Crippen LogP contribution is -2.51. The molecule has 152 valence electrons. The highest BCUT2D eigenvalue weighted by atomic mass is 19.1. The molecule has 3 atom stereocenters. The van der Waals surface area contributed by atoms with Crippen LogP contribution >= 0.6 is 0 Å². The monoisotopic (exact) mass is 389 g/mol. The van der Waals surface area contributed by atoms with Gasteiger partial charge in [0.1, 0.15) is 17.7 Å². The molecule has 3 aliphatic heterocycles. The second kappa shape index (κ2) is 7.48. The molecule has 3 heterocycles. The zero-order chi connectivity index (χ0) is 19.3. The van der Waals surface area contributed by atoms with Crippen LogP contribution in [0.15, 0.2) is 29.3 Å². The van der Waals surface area contributed by atoms with E-state index in [1.165, 1.54) is 25.5 Å². The lowest BCUT2D eigenvalue weighted by atomic mass is 9.92. The maximum Gasteiger partial charge on any atom is 0.129 e. The summed E-state index contributed by atoms with van der Waals surface area (Å²) in [6.07, 6.45) is 4.10. The molecule has 0 aromatic heterocycles. The van der Waals surface area contributed by atoms with Gasteiger partial charge in [0.2, 0.25) is 0 Å². The predicted molar refractivity (Wildman–Crippen MR) is 104 cm³/mol. The molecule has 1 aromatic rings. The van der Waals surface area contributed by atoms with Gasteiger partial charge in [-0.05, 0) is 55.4 Å². The first-order valence-corrected chi connectivity index (χ1v) is 10.5. The van der Waals surface area contributed by atoms with Gasteiger partial charge in [0.25, 0.3) is 0 Å². The summed E-state index contributed by atoms with van der Waals surface area (Å²) in [5.74, 6) is 0.0268. The van der Waals surface area contributed by atoms with Crippen molar-refractivity contribution in [1.82, 2.24) is 9.80 Å². The largest absolute Gasteiger partial charge is 0.370 e. The fraction of sp³-hybridized carbons (Fsp3) is 0.636. The summed E-state index contributed by atoms with van der Waals surface area (Å²) in [4.78, 5) is 5.09. The number of halogens is 2. The second-order valence-electron chi connectivity index (χ2n) is 9.01. The molecular weight excluding hydrogens is 360 g/mol. The van der Waals surface area contributed by atoms with E-state index >= 15 is 0 Å². The van der Waals surface area contributed by atoms with E-state index < -0.39 is 17.7 Å². The van der Waals surface area contributed by atoms with Crippen LogP contribution in [0.2, 0.25) is 0 Å². The fourth-order valence-corrected chi connectivity index (χ4v) is 5.10. The Labute approximate surface area is 165 Å². The van der Waals surface area contributed by atoms with Crippen LogP contribution in [0.5, 0.6) is 0 Å². The molecule has 2 fully saturated rings. The Morgan fingerprint density at radius 3 is 2.71 bits per heavy atom. The van der Waals surface area contributed by atoms with E-state index in [0.717, 1.165) is 57.1 Å². The number of rotatable bonds is 4. The summed E-state index contributed by atoms with van der Waals surface area (Å²) in [6.45, 7) is 6.07. The van der Waals surface area contributed by atoms with Crippen LogP contribution in [0, 0.1) is 17.6 Å². The number of nitrogens with two attached hydrogens (primary N) is 1. The van der Waals surface area contributed by atoms with Crippen molar-refractivity contribution in [1.29, 1.82) is 0 Å². The summed E-state index contributed by atoms with van der Waals surface area (Å²) in [5.41, 5.74) is 9.81. The molecule has 0 bridgehead atoms. The SMILES string of the molecule is NC1CC(N2CCC3=C(CN(CC4CC4)C3)C2)COC1c1cc(F)ccc1F. The first kappa shape index (κ1) is 18.7. The summed E-state index contributed by atoms with van der Waals surface area (Å²) in [6, 6.07) is 3.41. The van der Waals surface area contributed by atoms with E-state index in [2.05, 4.69) is 9.80 Å². The Kier molecular flexibility index (Phi) is 4.99. The third-order valence-corrected chi connectivity index (χ3v) is 6.82. The van der Waals surface area contributed by atoms with E-state index in [0.29, 0.717) is 6.61 Å². The van der Waals surface area contributed by atoms with Crippen molar-refractivity contribution in [3.8, 4) is 0 Å². The number of ether oxygens (including phenoxy) is 1. The Bertz CT molecular complexity index is 779. The lowest BCUT2D eigenvalue weighted by molar-refractivity contribution is -0.0506. The molecule has 4 aliphatic rings. The Balaban J connectivity index is 1.20. The topological polar surface area (TPSA) is 41.7 Å². The Morgan fingerprint density at radius 2 is 1.93 bits per heavy atom. The molecule has 1 saturated heterocycles. The summed E-state index contributed by atoms with van der Waals surface area (Å²) < 4.78 is 33.7. The first-order valence-electron chi connectivity index (χ1n) is 10.5. The number of nitrogens with zero attached hydrogens (tertiary/aromatic N) is 2. The smallest absolute Gasteiger partial charge is 0.129 e. The highest BCUT2D eigenvalue weighted by Crippen LogP contribution is 2.35. The maximum atomic E-state index is 14.1. The minimum atomic E-state index is -0.577. The second-order valence-corrected chi connectivity index (χ2v) is 9.01. The van der Waals surface area contributed by atoms with Gasteiger partial charge in [0.15, 0.2) is 0 Å². The van der Waals surface area contributed by atoms with Crippen molar-refractivity contribution in [3.63, 3.8) is 0 Å².